The number of sulfonamides is 1. The van der Waals surface area contributed by atoms with Gasteiger partial charge in [-0.2, -0.15) is 13.9 Å². The molecule has 184 valence electrons. The average Bonchev–Trinajstić information content (AvgIpc) is 3.15. The van der Waals surface area contributed by atoms with Crippen LogP contribution in [0.25, 0.3) is 0 Å². The van der Waals surface area contributed by atoms with Gasteiger partial charge in [0.05, 0.1) is 41.8 Å². The van der Waals surface area contributed by atoms with Gasteiger partial charge in [0.1, 0.15) is 4.90 Å². The summed E-state index contributed by atoms with van der Waals surface area (Å²) in [7, 11) is -3.16. The monoisotopic (exact) mass is 489 g/mol. The summed E-state index contributed by atoms with van der Waals surface area (Å²) < 4.78 is 59.0. The number of hydrogen-bond acceptors (Lipinski definition) is 7. The summed E-state index contributed by atoms with van der Waals surface area (Å²) in [6.07, 6.45) is 2.62. The molecule has 0 aliphatic carbocycles. The van der Waals surface area contributed by atoms with Crippen LogP contribution in [0, 0.1) is 12.3 Å². The number of rotatable bonds is 5. The molecule has 0 spiro atoms. The van der Waals surface area contributed by atoms with E-state index in [1.165, 1.54) is 19.2 Å². The summed E-state index contributed by atoms with van der Waals surface area (Å²) in [5.41, 5.74) is 0.836. The number of carbonyl (C=O) groups is 1. The Bertz CT molecular complexity index is 1080. The van der Waals surface area contributed by atoms with E-state index in [2.05, 4.69) is 15.4 Å². The van der Waals surface area contributed by atoms with Crippen molar-refractivity contribution in [3.63, 3.8) is 0 Å². The van der Waals surface area contributed by atoms with Gasteiger partial charge < -0.3 is 9.84 Å². The number of anilines is 2. The largest absolute Gasteiger partial charge is 0.449 e. The van der Waals surface area contributed by atoms with E-state index in [-0.39, 0.29) is 40.5 Å². The summed E-state index contributed by atoms with van der Waals surface area (Å²) in [6, 6.07) is 1.49. The third kappa shape index (κ3) is 6.38. The highest BCUT2D eigenvalue weighted by atomic mass is 32.2. The van der Waals surface area contributed by atoms with Crippen LogP contribution in [0.4, 0.5) is 25.0 Å². The van der Waals surface area contributed by atoms with Gasteiger partial charge in [-0.25, -0.2) is 17.9 Å². The van der Waals surface area contributed by atoms with Crippen molar-refractivity contribution in [2.75, 3.05) is 29.9 Å². The molecular formula is C20H29F2N5O5S. The fraction of sp³-hybridized carbons (Fsp3) is 0.550. The Labute approximate surface area is 191 Å². The molecule has 0 radical (unpaired) electrons. The van der Waals surface area contributed by atoms with Crippen molar-refractivity contribution in [1.29, 1.82) is 0 Å². The molecule has 13 heteroatoms. The van der Waals surface area contributed by atoms with E-state index < -0.39 is 22.7 Å². The Kier molecular flexibility index (Phi) is 8.36. The Morgan fingerprint density at radius 2 is 2.00 bits per heavy atom. The number of carbonyl (C=O) groups excluding carboxylic acids is 1. The molecule has 2 aromatic rings. The lowest BCUT2D eigenvalue weighted by Gasteiger charge is -2.30. The minimum atomic E-state index is -4.16. The van der Waals surface area contributed by atoms with Crippen LogP contribution in [0.2, 0.25) is 0 Å². The van der Waals surface area contributed by atoms with Gasteiger partial charge >= 0.3 is 12.6 Å². The quantitative estimate of drug-likeness (QED) is 0.660. The topological polar surface area (TPSA) is 127 Å². The van der Waals surface area contributed by atoms with Gasteiger partial charge in [0.2, 0.25) is 0 Å². The van der Waals surface area contributed by atoms with E-state index >= 15 is 0 Å². The number of ether oxygens (including phenoxy) is 1. The first-order valence-electron chi connectivity index (χ1n) is 10.1. The van der Waals surface area contributed by atoms with Crippen molar-refractivity contribution in [3.05, 3.63) is 29.8 Å². The first-order valence-corrected chi connectivity index (χ1v) is 11.6. The normalized spacial score (nSPS) is 13.8. The lowest BCUT2D eigenvalue weighted by molar-refractivity contribution is 0.0561. The second kappa shape index (κ2) is 10.4. The molecule has 3 rings (SSSR count). The van der Waals surface area contributed by atoms with E-state index in [9.17, 15) is 22.0 Å². The van der Waals surface area contributed by atoms with E-state index in [0.29, 0.717) is 23.2 Å². The summed E-state index contributed by atoms with van der Waals surface area (Å²) in [5.74, 6) is 0. The minimum absolute atomic E-state index is 0.0274. The number of aliphatic hydroxyl groups excluding tert-OH is 1. The average molecular weight is 490 g/mol. The zero-order valence-electron chi connectivity index (χ0n) is 19.2. The highest BCUT2D eigenvalue weighted by Gasteiger charge is 2.33. The van der Waals surface area contributed by atoms with Crippen molar-refractivity contribution in [2.45, 2.75) is 52.0 Å². The van der Waals surface area contributed by atoms with Crippen LogP contribution in [0.5, 0.6) is 0 Å². The number of amides is 1. The number of nitrogens with zero attached hydrogens (tertiary/aromatic N) is 4. The molecule has 0 bridgehead atoms. The van der Waals surface area contributed by atoms with Crippen molar-refractivity contribution in [2.24, 2.45) is 5.41 Å². The molecule has 0 saturated carbocycles. The lowest BCUT2D eigenvalue weighted by Crippen LogP contribution is -2.36. The van der Waals surface area contributed by atoms with Gasteiger partial charge in [0.15, 0.2) is 0 Å². The molecule has 10 nitrogen and oxygen atoms in total. The smallest absolute Gasteiger partial charge is 0.411 e. The third-order valence-corrected chi connectivity index (χ3v) is 6.43. The van der Waals surface area contributed by atoms with Crippen LogP contribution in [-0.4, -0.2) is 54.6 Å². The highest BCUT2D eigenvalue weighted by Crippen LogP contribution is 2.34. The maximum Gasteiger partial charge on any atom is 0.411 e. The predicted molar refractivity (Wildman–Crippen MR) is 118 cm³/mol. The summed E-state index contributed by atoms with van der Waals surface area (Å²) in [5, 5.41) is 13.1. The first kappa shape index (κ1) is 26.5. The van der Waals surface area contributed by atoms with Crippen LogP contribution in [0.15, 0.2) is 23.4 Å². The molecular weight excluding hydrogens is 460 g/mol. The third-order valence-electron chi connectivity index (χ3n) is 4.51. The molecule has 2 N–H and O–H groups in total. The molecule has 1 aliphatic rings. The first-order chi connectivity index (χ1) is 15.4. The van der Waals surface area contributed by atoms with Gasteiger partial charge in [-0.15, -0.1) is 0 Å². The van der Waals surface area contributed by atoms with Crippen LogP contribution < -0.4 is 9.62 Å². The fourth-order valence-corrected chi connectivity index (χ4v) is 4.77. The molecule has 33 heavy (non-hydrogen) atoms. The number of halogens is 2. The maximum atomic E-state index is 13.2. The molecule has 3 heterocycles. The second-order valence-electron chi connectivity index (χ2n) is 8.47. The zero-order valence-corrected chi connectivity index (χ0v) is 20.0. The van der Waals surface area contributed by atoms with E-state index in [0.717, 1.165) is 17.6 Å². The van der Waals surface area contributed by atoms with E-state index in [1.807, 2.05) is 20.8 Å². The van der Waals surface area contributed by atoms with Gasteiger partial charge in [-0.1, -0.05) is 20.8 Å². The number of nitrogens with one attached hydrogen (secondary N) is 1. The number of aryl methyl sites for hydroxylation is 2. The van der Waals surface area contributed by atoms with Gasteiger partial charge in [0.25, 0.3) is 10.0 Å². The lowest BCUT2D eigenvalue weighted by atomic mass is 9.99. The number of pyridine rings is 1. The SMILES string of the molecule is CO.Cc1nn(C(F)F)cc1S(=O)(=O)N1CCCc2ncc(NC(=O)OCC(C)(C)C)cc21. The van der Waals surface area contributed by atoms with Crippen LogP contribution in [0.3, 0.4) is 0 Å². The van der Waals surface area contributed by atoms with Crippen LogP contribution in [-0.2, 0) is 21.2 Å². The molecule has 2 aromatic heterocycles. The Hall–Kier alpha value is -2.80. The van der Waals surface area contributed by atoms with Crippen molar-refractivity contribution in [1.82, 2.24) is 14.8 Å². The second-order valence-corrected chi connectivity index (χ2v) is 10.3. The van der Waals surface area contributed by atoms with Gasteiger partial charge in [-0.05, 0) is 31.2 Å². The molecule has 0 fully saturated rings. The molecule has 0 aromatic carbocycles. The molecule has 0 atom stereocenters. The van der Waals surface area contributed by atoms with Crippen LogP contribution in [0.1, 0.15) is 45.1 Å². The summed E-state index contributed by atoms with van der Waals surface area (Å²) in [4.78, 5) is 16.0. The molecule has 1 aliphatic heterocycles. The van der Waals surface area contributed by atoms with E-state index in [1.54, 1.807) is 0 Å². The molecule has 0 saturated heterocycles. The number of hydrogen-bond donors (Lipinski definition) is 2. The number of alkyl halides is 2. The Balaban J connectivity index is 0.00000187. The summed E-state index contributed by atoms with van der Waals surface area (Å²) in [6.45, 7) is 4.51. The van der Waals surface area contributed by atoms with Crippen molar-refractivity contribution in [3.8, 4) is 0 Å². The highest BCUT2D eigenvalue weighted by molar-refractivity contribution is 7.92. The molecule has 1 amide bonds. The Morgan fingerprint density at radius 1 is 1.33 bits per heavy atom. The van der Waals surface area contributed by atoms with Gasteiger partial charge in [-0.3, -0.25) is 14.6 Å². The number of aromatic nitrogens is 3. The van der Waals surface area contributed by atoms with Crippen LogP contribution >= 0.6 is 0 Å². The number of aliphatic hydroxyl groups is 1. The maximum absolute atomic E-state index is 13.2. The van der Waals surface area contributed by atoms with Gasteiger partial charge in [0, 0.05) is 13.7 Å². The zero-order chi connectivity index (χ0) is 25.0. The predicted octanol–water partition coefficient (Wildman–Crippen LogP) is 3.33. The number of fused-ring (bicyclic) bond motifs is 1. The fourth-order valence-electron chi connectivity index (χ4n) is 3.09. The standard InChI is InChI=1S/C19H25F2N5O4S.CH4O/c1-12-16(10-25(24-12)17(20)21)31(28,29)26-7-5-6-14-15(26)8-13(9-22-14)23-18(27)30-11-19(2,3)4;1-2/h8-10,17H,5-7,11H2,1-4H3,(H,23,27);2H,1H3. The molecule has 0 unspecified atom stereocenters. The minimum Gasteiger partial charge on any atom is -0.449 e. The Morgan fingerprint density at radius 3 is 2.58 bits per heavy atom. The van der Waals surface area contributed by atoms with E-state index in [4.69, 9.17) is 9.84 Å². The summed E-state index contributed by atoms with van der Waals surface area (Å²) >= 11 is 0. The van der Waals surface area contributed by atoms with Crippen molar-refractivity contribution < 1.29 is 31.8 Å². The van der Waals surface area contributed by atoms with Crippen molar-refractivity contribution >= 4 is 27.5 Å².